The third-order valence-electron chi connectivity index (χ3n) is 7.62. The highest BCUT2D eigenvalue weighted by Gasteiger charge is 2.31. The summed E-state index contributed by atoms with van der Waals surface area (Å²) in [4.78, 5) is 50.5. The fourth-order valence-corrected chi connectivity index (χ4v) is 5.33. The number of carboxylic acid groups (broad SMARTS) is 2. The normalized spacial score (nSPS) is 15.0. The van der Waals surface area contributed by atoms with E-state index >= 15 is 0 Å². The van der Waals surface area contributed by atoms with Crippen LogP contribution in [0, 0.1) is 11.8 Å². The number of rotatable bonds is 13. The Balaban J connectivity index is 1.31. The van der Waals surface area contributed by atoms with Gasteiger partial charge in [0, 0.05) is 45.4 Å². The first-order valence-electron chi connectivity index (χ1n) is 13.9. The lowest BCUT2D eigenvalue weighted by Gasteiger charge is -2.17. The Bertz CT molecular complexity index is 1430. The van der Waals surface area contributed by atoms with Gasteiger partial charge in [-0.1, -0.05) is 25.4 Å². The summed E-state index contributed by atoms with van der Waals surface area (Å²) in [7, 11) is 1.48. The van der Waals surface area contributed by atoms with E-state index in [0.717, 1.165) is 22.3 Å². The van der Waals surface area contributed by atoms with Crippen LogP contribution in [0.25, 0.3) is 0 Å². The second kappa shape index (κ2) is 13.4. The highest BCUT2D eigenvalue weighted by Crippen LogP contribution is 2.43. The molecule has 2 aromatic rings. The number of hydrogen-bond donors (Lipinski definition) is 3. The molecule has 12 nitrogen and oxygen atoms in total. The quantitative estimate of drug-likeness (QED) is 0.281. The Hall–Kier alpha value is -4.19. The molecule has 0 aromatic heterocycles. The zero-order chi connectivity index (χ0) is 31.4. The molecule has 2 aliphatic rings. The molecule has 0 bridgehead atoms. The molecule has 0 spiro atoms. The van der Waals surface area contributed by atoms with Gasteiger partial charge in [0.05, 0.1) is 37.2 Å². The lowest BCUT2D eigenvalue weighted by molar-refractivity contribution is -0.145. The first-order valence-corrected chi connectivity index (χ1v) is 14.3. The van der Waals surface area contributed by atoms with E-state index in [2.05, 4.69) is 0 Å². The third kappa shape index (κ3) is 7.24. The number of hydrogen-bond acceptors (Lipinski definition) is 8. The van der Waals surface area contributed by atoms with Gasteiger partial charge in [0.25, 0.3) is 0 Å². The number of phenols is 1. The van der Waals surface area contributed by atoms with E-state index in [1.54, 1.807) is 28.0 Å². The largest absolute Gasteiger partial charge is 0.504 e. The minimum absolute atomic E-state index is 0.0620. The maximum Gasteiger partial charge on any atom is 0.306 e. The van der Waals surface area contributed by atoms with Gasteiger partial charge in [-0.2, -0.15) is 0 Å². The first-order chi connectivity index (χ1) is 20.4. The van der Waals surface area contributed by atoms with Crippen LogP contribution in [-0.2, 0) is 45.4 Å². The van der Waals surface area contributed by atoms with E-state index in [1.165, 1.54) is 21.0 Å². The van der Waals surface area contributed by atoms with Crippen molar-refractivity contribution in [3.05, 3.63) is 45.5 Å². The van der Waals surface area contributed by atoms with Crippen LogP contribution in [0.4, 0.5) is 0 Å². The summed E-state index contributed by atoms with van der Waals surface area (Å²) in [5.41, 5.74) is 3.12. The SMILES string of the molecule is COc1cc2c(c(Cl)c1OCCCOc1cc3c(cc1O)CN(C(=O)CC(C)C(=O)O)C3)CN(C(=O)CC(C)C(=O)O)C2. The number of aliphatic carboxylic acids is 2. The number of methoxy groups -OCH3 is 1. The van der Waals surface area contributed by atoms with E-state index < -0.39 is 23.8 Å². The van der Waals surface area contributed by atoms with Gasteiger partial charge >= 0.3 is 11.9 Å². The number of ether oxygens (including phenoxy) is 3. The molecule has 2 aromatic carbocycles. The molecule has 232 valence electrons. The van der Waals surface area contributed by atoms with Crippen LogP contribution in [0.2, 0.25) is 5.02 Å². The third-order valence-corrected chi connectivity index (χ3v) is 8.02. The molecule has 0 saturated carbocycles. The smallest absolute Gasteiger partial charge is 0.306 e. The van der Waals surface area contributed by atoms with Gasteiger partial charge in [-0.3, -0.25) is 19.2 Å². The maximum absolute atomic E-state index is 12.6. The fourth-order valence-electron chi connectivity index (χ4n) is 5.00. The van der Waals surface area contributed by atoms with Crippen LogP contribution in [0.3, 0.4) is 0 Å². The first kappa shape index (κ1) is 31.7. The van der Waals surface area contributed by atoms with Gasteiger partial charge < -0.3 is 39.3 Å². The molecular formula is C30H35ClN2O10. The van der Waals surface area contributed by atoms with Crippen molar-refractivity contribution in [3.63, 3.8) is 0 Å². The number of halogens is 1. The lowest BCUT2D eigenvalue weighted by Crippen LogP contribution is -2.28. The van der Waals surface area contributed by atoms with Crippen molar-refractivity contribution in [1.29, 1.82) is 0 Å². The van der Waals surface area contributed by atoms with Gasteiger partial charge in [0.1, 0.15) is 0 Å². The molecule has 0 radical (unpaired) electrons. The molecule has 3 N–H and O–H groups in total. The van der Waals surface area contributed by atoms with Crippen molar-refractivity contribution < 1.29 is 48.7 Å². The van der Waals surface area contributed by atoms with Gasteiger partial charge in [0.15, 0.2) is 23.0 Å². The predicted molar refractivity (Wildman–Crippen MR) is 153 cm³/mol. The molecule has 4 rings (SSSR count). The number of carbonyl (C=O) groups excluding carboxylic acids is 2. The zero-order valence-electron chi connectivity index (χ0n) is 24.2. The van der Waals surface area contributed by atoms with Gasteiger partial charge in [0.2, 0.25) is 11.8 Å². The summed E-state index contributed by atoms with van der Waals surface area (Å²) in [6.45, 7) is 4.53. The Labute approximate surface area is 253 Å². The summed E-state index contributed by atoms with van der Waals surface area (Å²) in [6, 6.07) is 5.00. The van der Waals surface area contributed by atoms with Crippen LogP contribution < -0.4 is 14.2 Å². The molecule has 2 heterocycles. The lowest BCUT2D eigenvalue weighted by atomic mass is 10.1. The van der Waals surface area contributed by atoms with E-state index in [4.69, 9.17) is 36.0 Å². The molecule has 43 heavy (non-hydrogen) atoms. The van der Waals surface area contributed by atoms with Gasteiger partial charge in [-0.25, -0.2) is 0 Å². The Morgan fingerprint density at radius 1 is 0.814 bits per heavy atom. The fraction of sp³-hybridized carbons (Fsp3) is 0.467. The van der Waals surface area contributed by atoms with Crippen LogP contribution in [-0.4, -0.2) is 69.2 Å². The number of aromatic hydroxyl groups is 1. The molecule has 0 aliphatic carbocycles. The van der Waals surface area contributed by atoms with E-state index in [0.29, 0.717) is 42.6 Å². The summed E-state index contributed by atoms with van der Waals surface area (Å²) in [5.74, 6) is -3.23. The van der Waals surface area contributed by atoms with Crippen molar-refractivity contribution in [2.75, 3.05) is 20.3 Å². The summed E-state index contributed by atoms with van der Waals surface area (Å²) >= 11 is 6.67. The highest BCUT2D eigenvalue weighted by molar-refractivity contribution is 6.33. The highest BCUT2D eigenvalue weighted by atomic mass is 35.5. The number of nitrogens with zero attached hydrogens (tertiary/aromatic N) is 2. The number of benzene rings is 2. The van der Waals surface area contributed by atoms with Crippen LogP contribution >= 0.6 is 11.6 Å². The minimum Gasteiger partial charge on any atom is -0.504 e. The Morgan fingerprint density at radius 2 is 1.33 bits per heavy atom. The zero-order valence-corrected chi connectivity index (χ0v) is 25.0. The predicted octanol–water partition coefficient (Wildman–Crippen LogP) is 3.81. The molecular weight excluding hydrogens is 584 g/mol. The molecule has 13 heteroatoms. The van der Waals surface area contributed by atoms with Crippen LogP contribution in [0.1, 0.15) is 55.4 Å². The molecule has 2 aliphatic heterocycles. The summed E-state index contributed by atoms with van der Waals surface area (Å²) in [5, 5.41) is 29.0. The average Bonchev–Trinajstić information content (AvgIpc) is 3.58. The standard InChI is InChI=1S/C30H35ClN2O10/c1-16(29(37)38)7-25(35)32-12-18-9-22(34)23(10-19(18)13-32)42-5-4-6-43-28-24(41-3)11-20-14-33(15-21(20)27(28)31)26(36)8-17(2)30(39)40/h9-11,16-17,34H,4-8,12-15H2,1-3H3,(H,37,38)(H,39,40). The van der Waals surface area contributed by atoms with Crippen LogP contribution in [0.15, 0.2) is 18.2 Å². The van der Waals surface area contributed by atoms with Crippen molar-refractivity contribution in [2.45, 2.75) is 59.3 Å². The number of carboxylic acids is 2. The van der Waals surface area contributed by atoms with E-state index in [-0.39, 0.29) is 55.9 Å². The Morgan fingerprint density at radius 3 is 1.91 bits per heavy atom. The molecule has 2 amide bonds. The molecule has 0 saturated heterocycles. The number of fused-ring (bicyclic) bond motifs is 2. The summed E-state index contributed by atoms with van der Waals surface area (Å²) < 4.78 is 17.2. The minimum atomic E-state index is -1.03. The second-order valence-corrected chi connectivity index (χ2v) is 11.3. The number of phenolic OH excluding ortho intramolecular Hbond substituents is 1. The van der Waals surface area contributed by atoms with Crippen molar-refractivity contribution >= 4 is 35.4 Å². The number of carbonyl (C=O) groups is 4. The average molecular weight is 619 g/mol. The molecule has 2 unspecified atom stereocenters. The van der Waals surface area contributed by atoms with E-state index in [9.17, 15) is 24.3 Å². The van der Waals surface area contributed by atoms with Crippen molar-refractivity contribution in [3.8, 4) is 23.0 Å². The Kier molecular flexibility index (Phi) is 9.90. The second-order valence-electron chi connectivity index (χ2n) is 10.9. The van der Waals surface area contributed by atoms with Crippen LogP contribution in [0.5, 0.6) is 23.0 Å². The van der Waals surface area contributed by atoms with Gasteiger partial charge in [-0.15, -0.1) is 0 Å². The molecule has 2 atom stereocenters. The number of amides is 2. The topological polar surface area (TPSA) is 163 Å². The van der Waals surface area contributed by atoms with E-state index in [1.807, 2.05) is 0 Å². The maximum atomic E-state index is 12.6. The van der Waals surface area contributed by atoms with Crippen molar-refractivity contribution in [2.24, 2.45) is 11.8 Å². The van der Waals surface area contributed by atoms with Crippen molar-refractivity contribution in [1.82, 2.24) is 9.80 Å². The molecule has 0 fully saturated rings. The monoisotopic (exact) mass is 618 g/mol. The van der Waals surface area contributed by atoms with Gasteiger partial charge in [-0.05, 0) is 40.5 Å². The summed E-state index contributed by atoms with van der Waals surface area (Å²) in [6.07, 6.45) is 0.228.